The summed E-state index contributed by atoms with van der Waals surface area (Å²) < 4.78 is 4.99. The first-order chi connectivity index (χ1) is 15.1. The van der Waals surface area contributed by atoms with E-state index in [1.807, 2.05) is 11.4 Å². The van der Waals surface area contributed by atoms with Gasteiger partial charge in [0.25, 0.3) is 0 Å². The van der Waals surface area contributed by atoms with E-state index in [4.69, 9.17) is 14.9 Å². The number of ether oxygens (including phenoxy) is 1. The summed E-state index contributed by atoms with van der Waals surface area (Å²) in [5, 5.41) is 40.9. The van der Waals surface area contributed by atoms with Crippen LogP contribution in [0.25, 0.3) is 0 Å². The Morgan fingerprint density at radius 1 is 0.969 bits per heavy atom. The SMILES string of the molecule is O=C(O)CC[C@H](NC(=O)N(O)C(CCCNC(=O)OCc1ccccc1)C(=O)O)C(=O)O. The van der Waals surface area contributed by atoms with Crippen LogP contribution in [0.3, 0.4) is 0 Å². The lowest BCUT2D eigenvalue weighted by Crippen LogP contribution is -2.52. The van der Waals surface area contributed by atoms with Gasteiger partial charge in [0.2, 0.25) is 0 Å². The summed E-state index contributed by atoms with van der Waals surface area (Å²) in [5.74, 6) is -4.39. The van der Waals surface area contributed by atoms with E-state index < -0.39 is 55.0 Å². The molecule has 2 atom stereocenters. The third-order valence-corrected chi connectivity index (χ3v) is 4.17. The Hall–Kier alpha value is -3.87. The molecule has 1 unspecified atom stereocenters. The summed E-state index contributed by atoms with van der Waals surface area (Å²) in [5.41, 5.74) is 0.776. The molecule has 13 nitrogen and oxygen atoms in total. The maximum Gasteiger partial charge on any atom is 0.407 e. The number of rotatable bonds is 13. The lowest BCUT2D eigenvalue weighted by atomic mass is 10.1. The van der Waals surface area contributed by atoms with Gasteiger partial charge in [0.05, 0.1) is 0 Å². The first kappa shape index (κ1) is 26.2. The van der Waals surface area contributed by atoms with Gasteiger partial charge in [0, 0.05) is 13.0 Å². The summed E-state index contributed by atoms with van der Waals surface area (Å²) in [7, 11) is 0. The smallest absolute Gasteiger partial charge is 0.407 e. The largest absolute Gasteiger partial charge is 0.481 e. The van der Waals surface area contributed by atoms with Crippen molar-refractivity contribution in [1.82, 2.24) is 15.7 Å². The predicted molar refractivity (Wildman–Crippen MR) is 106 cm³/mol. The molecule has 0 saturated carbocycles. The van der Waals surface area contributed by atoms with Gasteiger partial charge in [-0.2, -0.15) is 5.06 Å². The number of hydrogen-bond donors (Lipinski definition) is 6. The molecule has 0 bridgehead atoms. The monoisotopic (exact) mass is 455 g/mol. The van der Waals surface area contributed by atoms with Gasteiger partial charge in [0.1, 0.15) is 12.6 Å². The minimum Gasteiger partial charge on any atom is -0.481 e. The van der Waals surface area contributed by atoms with E-state index in [9.17, 15) is 34.3 Å². The van der Waals surface area contributed by atoms with Crippen LogP contribution in [0.4, 0.5) is 9.59 Å². The maximum absolute atomic E-state index is 12.0. The molecule has 0 aliphatic rings. The molecule has 32 heavy (non-hydrogen) atoms. The fourth-order valence-corrected chi connectivity index (χ4v) is 2.49. The van der Waals surface area contributed by atoms with Crippen molar-refractivity contribution < 1.29 is 49.2 Å². The van der Waals surface area contributed by atoms with Crippen LogP contribution >= 0.6 is 0 Å². The Labute approximate surface area is 182 Å². The van der Waals surface area contributed by atoms with Crippen LogP contribution in [0.15, 0.2) is 30.3 Å². The first-order valence-electron chi connectivity index (χ1n) is 9.52. The summed E-state index contributed by atoms with van der Waals surface area (Å²) in [6, 6.07) is 4.13. The first-order valence-corrected chi connectivity index (χ1v) is 9.52. The zero-order valence-electron chi connectivity index (χ0n) is 17.0. The predicted octanol–water partition coefficient (Wildman–Crippen LogP) is 0.865. The van der Waals surface area contributed by atoms with E-state index in [0.717, 1.165) is 5.56 Å². The summed E-state index contributed by atoms with van der Waals surface area (Å²) in [4.78, 5) is 56.7. The molecule has 13 heteroatoms. The highest BCUT2D eigenvalue weighted by molar-refractivity contribution is 5.85. The van der Waals surface area contributed by atoms with Crippen molar-refractivity contribution in [3.05, 3.63) is 35.9 Å². The summed E-state index contributed by atoms with van der Waals surface area (Å²) >= 11 is 0. The number of hydroxylamine groups is 2. The second-order valence-corrected chi connectivity index (χ2v) is 6.60. The van der Waals surface area contributed by atoms with E-state index in [1.54, 1.807) is 24.3 Å². The molecule has 0 fully saturated rings. The van der Waals surface area contributed by atoms with E-state index in [-0.39, 0.29) is 31.1 Å². The number of carboxylic acid groups (broad SMARTS) is 3. The average Bonchev–Trinajstić information content (AvgIpc) is 2.74. The number of benzene rings is 1. The number of nitrogens with one attached hydrogen (secondary N) is 2. The topological polar surface area (TPSA) is 203 Å². The fourth-order valence-electron chi connectivity index (χ4n) is 2.49. The number of urea groups is 1. The Morgan fingerprint density at radius 2 is 1.62 bits per heavy atom. The van der Waals surface area contributed by atoms with Crippen LogP contribution in [0, 0.1) is 0 Å². The molecule has 6 N–H and O–H groups in total. The van der Waals surface area contributed by atoms with E-state index >= 15 is 0 Å². The molecule has 3 amide bonds. The molecule has 0 aromatic heterocycles. The second-order valence-electron chi connectivity index (χ2n) is 6.60. The number of amides is 3. The molecule has 0 heterocycles. The molecule has 1 aromatic rings. The van der Waals surface area contributed by atoms with Crippen molar-refractivity contribution in [3.8, 4) is 0 Å². The Bertz CT molecular complexity index is 802. The van der Waals surface area contributed by atoms with Crippen LogP contribution in [-0.4, -0.2) is 74.3 Å². The number of hydrogen-bond acceptors (Lipinski definition) is 7. The summed E-state index contributed by atoms with van der Waals surface area (Å²) in [6.45, 7) is 0.0326. The van der Waals surface area contributed by atoms with Crippen molar-refractivity contribution in [2.75, 3.05) is 6.54 Å². The number of carbonyl (C=O) groups is 5. The van der Waals surface area contributed by atoms with Crippen LogP contribution in [-0.2, 0) is 25.7 Å². The molecular weight excluding hydrogens is 430 g/mol. The number of alkyl carbamates (subject to hydrolysis) is 1. The number of carboxylic acids is 3. The van der Waals surface area contributed by atoms with Crippen LogP contribution in [0.2, 0.25) is 0 Å². The van der Waals surface area contributed by atoms with Crippen molar-refractivity contribution in [3.63, 3.8) is 0 Å². The van der Waals surface area contributed by atoms with Crippen LogP contribution in [0.5, 0.6) is 0 Å². The van der Waals surface area contributed by atoms with Crippen molar-refractivity contribution in [1.29, 1.82) is 0 Å². The normalized spacial score (nSPS) is 12.2. The van der Waals surface area contributed by atoms with Crippen LogP contribution in [0.1, 0.15) is 31.2 Å². The lowest BCUT2D eigenvalue weighted by Gasteiger charge is -2.24. The van der Waals surface area contributed by atoms with Gasteiger partial charge in [0.15, 0.2) is 6.04 Å². The Morgan fingerprint density at radius 3 is 2.19 bits per heavy atom. The number of nitrogens with zero attached hydrogens (tertiary/aromatic N) is 1. The highest BCUT2D eigenvalue weighted by Crippen LogP contribution is 2.08. The van der Waals surface area contributed by atoms with Gasteiger partial charge in [-0.1, -0.05) is 30.3 Å². The average molecular weight is 455 g/mol. The molecule has 0 radical (unpaired) electrons. The molecule has 0 spiro atoms. The molecule has 1 aromatic carbocycles. The van der Waals surface area contributed by atoms with E-state index in [1.165, 1.54) is 0 Å². The summed E-state index contributed by atoms with van der Waals surface area (Å²) in [6.07, 6.45) is -1.98. The molecule has 0 saturated heterocycles. The lowest BCUT2D eigenvalue weighted by molar-refractivity contribution is -0.157. The van der Waals surface area contributed by atoms with Gasteiger partial charge < -0.3 is 30.7 Å². The Balaban J connectivity index is 2.47. The van der Waals surface area contributed by atoms with Crippen molar-refractivity contribution >= 4 is 30.0 Å². The maximum atomic E-state index is 12.0. The van der Waals surface area contributed by atoms with Gasteiger partial charge >= 0.3 is 30.0 Å². The van der Waals surface area contributed by atoms with Crippen molar-refractivity contribution in [2.45, 2.75) is 44.4 Å². The van der Waals surface area contributed by atoms with E-state index in [0.29, 0.717) is 0 Å². The zero-order valence-corrected chi connectivity index (χ0v) is 17.0. The molecule has 0 aliphatic carbocycles. The molecular formula is C19H25N3O10. The Kier molecular flexibility index (Phi) is 11.0. The standard InChI is InChI=1S/C19H25N3O10/c23-15(24)9-8-13(16(25)26)21-18(29)22(31)14(17(27)28)7-4-10-20-19(30)32-11-12-5-2-1-3-6-12/h1-3,5-6,13-14,31H,4,7-11H2,(H,20,30)(H,21,29)(H,23,24)(H,25,26)(H,27,28)/t13-,14?/m0/s1. The number of carbonyl (C=O) groups excluding carboxylic acids is 2. The van der Waals surface area contributed by atoms with Crippen LogP contribution < -0.4 is 10.6 Å². The zero-order chi connectivity index (χ0) is 24.1. The quantitative estimate of drug-likeness (QED) is 0.141. The molecule has 1 rings (SSSR count). The highest BCUT2D eigenvalue weighted by atomic mass is 16.5. The second kappa shape index (κ2) is 13.4. The minimum atomic E-state index is -1.73. The van der Waals surface area contributed by atoms with Gasteiger partial charge in [-0.15, -0.1) is 0 Å². The van der Waals surface area contributed by atoms with Gasteiger partial charge in [-0.05, 0) is 24.8 Å². The fraction of sp³-hybridized carbons (Fsp3) is 0.421. The minimum absolute atomic E-state index is 0.0107. The van der Waals surface area contributed by atoms with Gasteiger partial charge in [-0.25, -0.2) is 19.2 Å². The highest BCUT2D eigenvalue weighted by Gasteiger charge is 2.31. The third kappa shape index (κ3) is 9.75. The van der Waals surface area contributed by atoms with Crippen molar-refractivity contribution in [2.24, 2.45) is 0 Å². The van der Waals surface area contributed by atoms with E-state index in [2.05, 4.69) is 5.32 Å². The molecule has 176 valence electrons. The third-order valence-electron chi connectivity index (χ3n) is 4.17. The van der Waals surface area contributed by atoms with Gasteiger partial charge in [-0.3, -0.25) is 10.0 Å². The molecule has 0 aliphatic heterocycles. The number of aliphatic carboxylic acids is 3.